The molecule has 5 heteroatoms. The molecule has 0 aliphatic heterocycles. The van der Waals surface area contributed by atoms with E-state index in [0.29, 0.717) is 25.0 Å². The number of rotatable bonds is 6. The maximum Gasteiger partial charge on any atom is 0.226 e. The number of nitrogens with zero attached hydrogens (tertiary/aromatic N) is 2. The number of nitrogens with two attached hydrogens (primary N) is 1. The molecule has 2 N–H and O–H groups in total. The first kappa shape index (κ1) is 11.6. The van der Waals surface area contributed by atoms with Crippen molar-refractivity contribution in [1.82, 2.24) is 9.97 Å². The standard InChI is InChI=1S/C10H17N3O2/c1-3-5-14-8-7-9(15-6-4-2)13-10(11)12-8/h7H,3-6H2,1-2H3,(H2,11,12,13). The number of nitrogen functional groups attached to an aromatic ring is 1. The zero-order valence-corrected chi connectivity index (χ0v) is 9.19. The third-order valence-corrected chi connectivity index (χ3v) is 1.60. The Morgan fingerprint density at radius 3 is 1.93 bits per heavy atom. The largest absolute Gasteiger partial charge is 0.477 e. The number of hydrogen-bond donors (Lipinski definition) is 1. The van der Waals surface area contributed by atoms with Crippen molar-refractivity contribution in [3.05, 3.63) is 6.07 Å². The Kier molecular flexibility index (Phi) is 4.66. The third kappa shape index (κ3) is 4.01. The minimum atomic E-state index is 0.176. The third-order valence-electron chi connectivity index (χ3n) is 1.60. The molecule has 0 radical (unpaired) electrons. The van der Waals surface area contributed by atoms with Gasteiger partial charge in [-0.1, -0.05) is 13.8 Å². The van der Waals surface area contributed by atoms with Crippen molar-refractivity contribution in [3.8, 4) is 11.8 Å². The Morgan fingerprint density at radius 2 is 1.53 bits per heavy atom. The summed E-state index contributed by atoms with van der Waals surface area (Å²) in [6, 6.07) is 1.65. The number of hydrogen-bond acceptors (Lipinski definition) is 5. The minimum absolute atomic E-state index is 0.176. The molecule has 0 saturated carbocycles. The number of anilines is 1. The fourth-order valence-corrected chi connectivity index (χ4v) is 0.982. The fourth-order valence-electron chi connectivity index (χ4n) is 0.982. The summed E-state index contributed by atoms with van der Waals surface area (Å²) in [5.74, 6) is 1.11. The Balaban J connectivity index is 2.66. The van der Waals surface area contributed by atoms with Crippen LogP contribution in [0.3, 0.4) is 0 Å². The first-order valence-corrected chi connectivity index (χ1v) is 5.16. The quantitative estimate of drug-likeness (QED) is 0.774. The molecule has 1 aromatic heterocycles. The first-order chi connectivity index (χ1) is 7.26. The molecular weight excluding hydrogens is 194 g/mol. The summed E-state index contributed by atoms with van der Waals surface area (Å²) >= 11 is 0. The van der Waals surface area contributed by atoms with Crippen LogP contribution >= 0.6 is 0 Å². The first-order valence-electron chi connectivity index (χ1n) is 5.16. The zero-order chi connectivity index (χ0) is 11.1. The molecule has 5 nitrogen and oxygen atoms in total. The van der Waals surface area contributed by atoms with Gasteiger partial charge in [0.2, 0.25) is 17.7 Å². The van der Waals surface area contributed by atoms with Gasteiger partial charge in [0.15, 0.2) is 0 Å². The van der Waals surface area contributed by atoms with E-state index in [0.717, 1.165) is 12.8 Å². The topological polar surface area (TPSA) is 70.3 Å². The van der Waals surface area contributed by atoms with Crippen molar-refractivity contribution < 1.29 is 9.47 Å². The summed E-state index contributed by atoms with van der Waals surface area (Å²) in [4.78, 5) is 7.89. The SMILES string of the molecule is CCCOc1cc(OCCC)nc(N)n1. The van der Waals surface area contributed by atoms with Crippen LogP contribution in [0.15, 0.2) is 6.07 Å². The van der Waals surface area contributed by atoms with Crippen LogP contribution in [-0.4, -0.2) is 23.2 Å². The van der Waals surface area contributed by atoms with E-state index in [4.69, 9.17) is 15.2 Å². The van der Waals surface area contributed by atoms with E-state index in [1.165, 1.54) is 0 Å². The van der Waals surface area contributed by atoms with Crippen molar-refractivity contribution in [2.24, 2.45) is 0 Å². The summed E-state index contributed by atoms with van der Waals surface area (Å²) in [7, 11) is 0. The van der Waals surface area contributed by atoms with Gasteiger partial charge in [-0.2, -0.15) is 9.97 Å². The highest BCUT2D eigenvalue weighted by atomic mass is 16.5. The van der Waals surface area contributed by atoms with Crippen LogP contribution < -0.4 is 15.2 Å². The lowest BCUT2D eigenvalue weighted by Gasteiger charge is -2.07. The van der Waals surface area contributed by atoms with E-state index in [2.05, 4.69) is 9.97 Å². The smallest absolute Gasteiger partial charge is 0.226 e. The second-order valence-corrected chi connectivity index (χ2v) is 3.10. The van der Waals surface area contributed by atoms with Crippen molar-refractivity contribution in [3.63, 3.8) is 0 Å². The fraction of sp³-hybridized carbons (Fsp3) is 0.600. The molecule has 1 rings (SSSR count). The van der Waals surface area contributed by atoms with Gasteiger partial charge in [-0.25, -0.2) is 0 Å². The highest BCUT2D eigenvalue weighted by Gasteiger charge is 2.03. The zero-order valence-electron chi connectivity index (χ0n) is 9.19. The van der Waals surface area contributed by atoms with Crippen LogP contribution in [0.1, 0.15) is 26.7 Å². The van der Waals surface area contributed by atoms with Crippen molar-refractivity contribution in [2.45, 2.75) is 26.7 Å². The Labute approximate surface area is 89.6 Å². The Hall–Kier alpha value is -1.52. The summed E-state index contributed by atoms with van der Waals surface area (Å²) in [5, 5.41) is 0. The van der Waals surface area contributed by atoms with Crippen LogP contribution in [0.2, 0.25) is 0 Å². The van der Waals surface area contributed by atoms with Gasteiger partial charge in [-0.15, -0.1) is 0 Å². The molecule has 0 atom stereocenters. The summed E-state index contributed by atoms with van der Waals surface area (Å²) < 4.78 is 10.7. The molecule has 0 bridgehead atoms. The lowest BCUT2D eigenvalue weighted by molar-refractivity contribution is 0.286. The van der Waals surface area contributed by atoms with E-state index < -0.39 is 0 Å². The normalized spacial score (nSPS) is 10.0. The molecule has 0 spiro atoms. The van der Waals surface area contributed by atoms with Crippen molar-refractivity contribution in [2.75, 3.05) is 18.9 Å². The molecule has 0 saturated heterocycles. The van der Waals surface area contributed by atoms with Crippen molar-refractivity contribution in [1.29, 1.82) is 0 Å². The van der Waals surface area contributed by atoms with Crippen LogP contribution in [0.5, 0.6) is 11.8 Å². The van der Waals surface area contributed by atoms with E-state index in [-0.39, 0.29) is 5.95 Å². The van der Waals surface area contributed by atoms with Crippen LogP contribution in [0, 0.1) is 0 Å². The van der Waals surface area contributed by atoms with Crippen LogP contribution in [-0.2, 0) is 0 Å². The highest BCUT2D eigenvalue weighted by Crippen LogP contribution is 2.16. The van der Waals surface area contributed by atoms with E-state index in [1.54, 1.807) is 6.07 Å². The molecule has 1 aromatic rings. The molecule has 0 amide bonds. The van der Waals surface area contributed by atoms with Gasteiger partial charge in [-0.3, -0.25) is 0 Å². The molecule has 84 valence electrons. The molecule has 0 aliphatic rings. The number of ether oxygens (including phenoxy) is 2. The van der Waals surface area contributed by atoms with E-state index in [9.17, 15) is 0 Å². The predicted molar refractivity (Wildman–Crippen MR) is 58.0 cm³/mol. The molecule has 15 heavy (non-hydrogen) atoms. The minimum Gasteiger partial charge on any atom is -0.477 e. The van der Waals surface area contributed by atoms with Gasteiger partial charge in [-0.05, 0) is 12.8 Å². The molecule has 0 aliphatic carbocycles. The maximum atomic E-state index is 5.52. The monoisotopic (exact) mass is 211 g/mol. The van der Waals surface area contributed by atoms with Gasteiger partial charge < -0.3 is 15.2 Å². The Bertz CT molecular complexity index is 278. The van der Waals surface area contributed by atoms with Crippen LogP contribution in [0.4, 0.5) is 5.95 Å². The van der Waals surface area contributed by atoms with Gasteiger partial charge in [0.05, 0.1) is 19.3 Å². The molecule has 0 unspecified atom stereocenters. The van der Waals surface area contributed by atoms with Gasteiger partial charge in [0.1, 0.15) is 0 Å². The van der Waals surface area contributed by atoms with E-state index in [1.807, 2.05) is 13.8 Å². The van der Waals surface area contributed by atoms with E-state index >= 15 is 0 Å². The highest BCUT2D eigenvalue weighted by molar-refractivity contribution is 5.29. The molecular formula is C10H17N3O2. The Morgan fingerprint density at radius 1 is 1.07 bits per heavy atom. The second-order valence-electron chi connectivity index (χ2n) is 3.10. The summed E-state index contributed by atoms with van der Waals surface area (Å²) in [6.45, 7) is 5.28. The van der Waals surface area contributed by atoms with Crippen LogP contribution in [0.25, 0.3) is 0 Å². The molecule has 0 fully saturated rings. The average Bonchev–Trinajstić information content (AvgIpc) is 2.23. The van der Waals surface area contributed by atoms with Gasteiger partial charge >= 0.3 is 0 Å². The lowest BCUT2D eigenvalue weighted by atomic mass is 10.5. The lowest BCUT2D eigenvalue weighted by Crippen LogP contribution is -2.04. The predicted octanol–water partition coefficient (Wildman–Crippen LogP) is 1.64. The molecule has 0 aromatic carbocycles. The van der Waals surface area contributed by atoms with Gasteiger partial charge in [0.25, 0.3) is 0 Å². The summed E-state index contributed by atoms with van der Waals surface area (Å²) in [5.41, 5.74) is 5.52. The average molecular weight is 211 g/mol. The second kappa shape index (κ2) is 6.06. The maximum absolute atomic E-state index is 5.52. The molecule has 1 heterocycles. The van der Waals surface area contributed by atoms with Crippen molar-refractivity contribution >= 4 is 5.95 Å². The summed E-state index contributed by atoms with van der Waals surface area (Å²) in [6.07, 6.45) is 1.85. The number of aromatic nitrogens is 2. The van der Waals surface area contributed by atoms with Gasteiger partial charge in [0, 0.05) is 0 Å².